The zero-order valence-corrected chi connectivity index (χ0v) is 17.8. The minimum absolute atomic E-state index is 0.0872. The molecule has 7 nitrogen and oxygen atoms in total. The molecule has 3 rings (SSSR count). The van der Waals surface area contributed by atoms with Gasteiger partial charge in [-0.25, -0.2) is 0 Å². The molecule has 0 amide bonds. The molecule has 1 fully saturated rings. The Hall–Kier alpha value is -2.51. The van der Waals surface area contributed by atoms with Crippen molar-refractivity contribution in [1.82, 2.24) is 10.6 Å². The Morgan fingerprint density at radius 3 is 2.90 bits per heavy atom. The molecule has 2 unspecified atom stereocenters. The number of rotatable bonds is 10. The highest BCUT2D eigenvalue weighted by atomic mass is 16.5. The molecular weight excluding hydrogens is 382 g/mol. The number of hydrogen-bond donors (Lipinski definition) is 3. The van der Waals surface area contributed by atoms with Crippen LogP contribution >= 0.6 is 0 Å². The van der Waals surface area contributed by atoms with Gasteiger partial charge in [-0.15, -0.1) is 0 Å². The highest BCUT2D eigenvalue weighted by Gasteiger charge is 2.16. The van der Waals surface area contributed by atoms with Gasteiger partial charge in [0.15, 0.2) is 5.96 Å². The van der Waals surface area contributed by atoms with Gasteiger partial charge < -0.3 is 29.6 Å². The van der Waals surface area contributed by atoms with Crippen LogP contribution in [0.3, 0.4) is 0 Å². The van der Waals surface area contributed by atoms with Crippen molar-refractivity contribution in [2.75, 3.05) is 32.8 Å². The van der Waals surface area contributed by atoms with Crippen LogP contribution in [0.25, 0.3) is 0 Å². The smallest absolute Gasteiger partial charge is 0.191 e. The third kappa shape index (κ3) is 7.39. The lowest BCUT2D eigenvalue weighted by Gasteiger charge is -2.16. The largest absolute Gasteiger partial charge is 0.491 e. The monoisotopic (exact) mass is 415 g/mol. The quantitative estimate of drug-likeness (QED) is 0.409. The molecule has 2 atom stereocenters. The maximum atomic E-state index is 10.6. The molecule has 0 aliphatic carbocycles. The second kappa shape index (κ2) is 11.6. The van der Waals surface area contributed by atoms with E-state index in [1.165, 1.54) is 0 Å². The summed E-state index contributed by atoms with van der Waals surface area (Å²) in [5.41, 5.74) is 0.788. The summed E-state index contributed by atoms with van der Waals surface area (Å²) in [6.07, 6.45) is 2.87. The van der Waals surface area contributed by atoms with Gasteiger partial charge in [0.1, 0.15) is 11.5 Å². The van der Waals surface area contributed by atoms with E-state index in [1.54, 1.807) is 6.26 Å². The maximum Gasteiger partial charge on any atom is 0.191 e. The molecule has 7 heteroatoms. The Morgan fingerprint density at radius 1 is 1.27 bits per heavy atom. The van der Waals surface area contributed by atoms with Gasteiger partial charge >= 0.3 is 0 Å². The van der Waals surface area contributed by atoms with Gasteiger partial charge in [-0.3, -0.25) is 4.99 Å². The van der Waals surface area contributed by atoms with Crippen molar-refractivity contribution in [3.05, 3.63) is 54.0 Å². The highest BCUT2D eigenvalue weighted by Crippen LogP contribution is 2.20. The molecule has 3 N–H and O–H groups in total. The lowest BCUT2D eigenvalue weighted by atomic mass is 10.1. The van der Waals surface area contributed by atoms with E-state index < -0.39 is 6.10 Å². The van der Waals surface area contributed by atoms with Crippen molar-refractivity contribution in [2.24, 2.45) is 10.9 Å². The molecule has 2 heterocycles. The molecule has 164 valence electrons. The summed E-state index contributed by atoms with van der Waals surface area (Å²) in [6, 6.07) is 11.4. The zero-order valence-electron chi connectivity index (χ0n) is 17.8. The van der Waals surface area contributed by atoms with E-state index in [9.17, 15) is 5.11 Å². The number of guanidine groups is 1. The highest BCUT2D eigenvalue weighted by molar-refractivity contribution is 5.79. The minimum atomic E-state index is -0.709. The van der Waals surface area contributed by atoms with E-state index in [0.717, 1.165) is 49.7 Å². The molecule has 0 spiro atoms. The third-order valence-corrected chi connectivity index (χ3v) is 4.86. The summed E-state index contributed by atoms with van der Waals surface area (Å²) >= 11 is 0. The van der Waals surface area contributed by atoms with E-state index in [-0.39, 0.29) is 12.6 Å². The van der Waals surface area contributed by atoms with Gasteiger partial charge in [0.25, 0.3) is 0 Å². The van der Waals surface area contributed by atoms with Gasteiger partial charge in [-0.1, -0.05) is 12.1 Å². The van der Waals surface area contributed by atoms with Crippen molar-refractivity contribution in [3.8, 4) is 5.75 Å². The normalized spacial score (nSPS) is 17.9. The number of hydrogen-bond acceptors (Lipinski definition) is 5. The molecule has 1 aromatic heterocycles. The van der Waals surface area contributed by atoms with Gasteiger partial charge in [-0.05, 0) is 50.1 Å². The summed E-state index contributed by atoms with van der Waals surface area (Å²) in [5.74, 6) is 2.84. The average Bonchev–Trinajstić information content (AvgIpc) is 3.43. The summed E-state index contributed by atoms with van der Waals surface area (Å²) < 4.78 is 16.6. The number of nitrogens with one attached hydrogen (secondary N) is 2. The first kappa shape index (κ1) is 22.2. The van der Waals surface area contributed by atoms with E-state index in [0.29, 0.717) is 18.4 Å². The number of ether oxygens (including phenoxy) is 2. The lowest BCUT2D eigenvalue weighted by molar-refractivity contribution is 0.184. The van der Waals surface area contributed by atoms with Crippen molar-refractivity contribution in [1.29, 1.82) is 0 Å². The fourth-order valence-corrected chi connectivity index (χ4v) is 3.27. The number of nitrogens with zero attached hydrogens (tertiary/aromatic N) is 1. The van der Waals surface area contributed by atoms with Gasteiger partial charge in [0, 0.05) is 32.0 Å². The molecule has 30 heavy (non-hydrogen) atoms. The Kier molecular flexibility index (Phi) is 8.59. The summed E-state index contributed by atoms with van der Waals surface area (Å²) in [4.78, 5) is 4.60. The first-order chi connectivity index (χ1) is 14.6. The van der Waals surface area contributed by atoms with Crippen LogP contribution in [0.4, 0.5) is 0 Å². The van der Waals surface area contributed by atoms with Crippen LogP contribution in [0.1, 0.15) is 37.7 Å². The summed E-state index contributed by atoms with van der Waals surface area (Å²) in [6.45, 7) is 7.29. The SMILES string of the molecule is CC(C)Oc1cccc(C(O)CN=C(NCCc2ccco2)NCC2CCOC2)c1. The maximum absolute atomic E-state index is 10.6. The van der Waals surface area contributed by atoms with Crippen LogP contribution in [-0.4, -0.2) is 50.0 Å². The first-order valence-electron chi connectivity index (χ1n) is 10.7. The van der Waals surface area contributed by atoms with Crippen LogP contribution in [0.15, 0.2) is 52.1 Å². The van der Waals surface area contributed by atoms with E-state index in [2.05, 4.69) is 15.6 Å². The first-order valence-corrected chi connectivity index (χ1v) is 10.7. The minimum Gasteiger partial charge on any atom is -0.491 e. The molecule has 0 saturated carbocycles. The van der Waals surface area contributed by atoms with Crippen molar-refractivity contribution in [3.63, 3.8) is 0 Å². The van der Waals surface area contributed by atoms with Crippen LogP contribution in [0.2, 0.25) is 0 Å². The van der Waals surface area contributed by atoms with Gasteiger partial charge in [0.05, 0.1) is 31.6 Å². The standard InChI is InChI=1S/C23H33N3O4/c1-17(2)30-21-6-3-5-19(13-21)22(27)15-26-23(25-14-18-9-12-28-16-18)24-10-8-20-7-4-11-29-20/h3-7,11,13,17-18,22,27H,8-10,12,14-16H2,1-2H3,(H2,24,25,26). The van der Waals surface area contributed by atoms with Crippen LogP contribution in [0.5, 0.6) is 5.75 Å². The molecule has 0 bridgehead atoms. The molecule has 2 aromatic rings. The van der Waals surface area contributed by atoms with Crippen molar-refractivity contribution >= 4 is 5.96 Å². The summed E-state index contributed by atoms with van der Waals surface area (Å²) in [7, 11) is 0. The zero-order chi connectivity index (χ0) is 21.2. The summed E-state index contributed by atoms with van der Waals surface area (Å²) in [5, 5.41) is 17.3. The second-order valence-corrected chi connectivity index (χ2v) is 7.81. The Balaban J connectivity index is 1.57. The predicted octanol–water partition coefficient (Wildman–Crippen LogP) is 2.91. The van der Waals surface area contributed by atoms with Crippen molar-refractivity contribution in [2.45, 2.75) is 38.9 Å². The number of furan rings is 1. The van der Waals surface area contributed by atoms with Gasteiger partial charge in [-0.2, -0.15) is 0 Å². The molecule has 0 radical (unpaired) electrons. The average molecular weight is 416 g/mol. The van der Waals surface area contributed by atoms with Crippen molar-refractivity contribution < 1.29 is 19.0 Å². The number of aliphatic imine (C=N–C) groups is 1. The molecule has 1 aliphatic heterocycles. The van der Waals surface area contributed by atoms with Crippen LogP contribution in [0, 0.1) is 5.92 Å². The molecule has 1 aliphatic rings. The Labute approximate surface area is 178 Å². The van der Waals surface area contributed by atoms with E-state index in [4.69, 9.17) is 13.9 Å². The Bertz CT molecular complexity index is 771. The fourth-order valence-electron chi connectivity index (χ4n) is 3.27. The number of aliphatic hydroxyl groups excluding tert-OH is 1. The lowest BCUT2D eigenvalue weighted by Crippen LogP contribution is -2.41. The molecular formula is C23H33N3O4. The number of aliphatic hydroxyl groups is 1. The van der Waals surface area contributed by atoms with Crippen LogP contribution in [-0.2, 0) is 11.2 Å². The van der Waals surface area contributed by atoms with E-state index >= 15 is 0 Å². The van der Waals surface area contributed by atoms with E-state index in [1.807, 2.05) is 50.2 Å². The third-order valence-electron chi connectivity index (χ3n) is 4.86. The predicted molar refractivity (Wildman–Crippen MR) is 117 cm³/mol. The topological polar surface area (TPSA) is 88.3 Å². The second-order valence-electron chi connectivity index (χ2n) is 7.81. The molecule has 1 aromatic carbocycles. The van der Waals surface area contributed by atoms with Gasteiger partial charge in [0.2, 0.25) is 0 Å². The fraction of sp³-hybridized carbons (Fsp3) is 0.522. The Morgan fingerprint density at radius 2 is 2.17 bits per heavy atom. The number of benzene rings is 1. The molecule has 1 saturated heterocycles. The van der Waals surface area contributed by atoms with Crippen LogP contribution < -0.4 is 15.4 Å².